The molecule has 9 heteroatoms. The Kier molecular flexibility index (Phi) is 9.52. The Morgan fingerprint density at radius 1 is 1.17 bits per heavy atom. The van der Waals surface area contributed by atoms with Crippen molar-refractivity contribution in [3.8, 4) is 17.1 Å². The van der Waals surface area contributed by atoms with Crippen LogP contribution in [0.4, 0.5) is 4.39 Å². The standard InChI is InChI=1S/C21H25FN6O.HI/c1-3-23-21(24-12-11-15-5-4-6-17(22)13-15)25-14-19-26-20(28-27-19)16-7-9-18(29-2)10-8-16;/h4-10,13H,3,11-12,14H2,1-2H3,(H2,23,24,25)(H,26,27,28);1H. The highest BCUT2D eigenvalue weighted by Crippen LogP contribution is 2.19. The van der Waals surface area contributed by atoms with Crippen LogP contribution in [0.25, 0.3) is 11.4 Å². The van der Waals surface area contributed by atoms with E-state index in [2.05, 4.69) is 30.8 Å². The summed E-state index contributed by atoms with van der Waals surface area (Å²) >= 11 is 0. The molecule has 3 rings (SSSR count). The minimum atomic E-state index is -0.221. The van der Waals surface area contributed by atoms with E-state index in [9.17, 15) is 4.39 Å². The fraction of sp³-hybridized carbons (Fsp3) is 0.286. The van der Waals surface area contributed by atoms with Gasteiger partial charge in [0, 0.05) is 18.7 Å². The second-order valence-electron chi connectivity index (χ2n) is 6.34. The predicted octanol–water partition coefficient (Wildman–Crippen LogP) is 3.54. The number of benzene rings is 2. The lowest BCUT2D eigenvalue weighted by atomic mass is 10.1. The highest BCUT2D eigenvalue weighted by atomic mass is 127. The maximum absolute atomic E-state index is 13.3. The molecule has 7 nitrogen and oxygen atoms in total. The van der Waals surface area contributed by atoms with Gasteiger partial charge in [-0.3, -0.25) is 5.10 Å². The van der Waals surface area contributed by atoms with Crippen LogP contribution in [0.15, 0.2) is 53.5 Å². The molecule has 0 bridgehead atoms. The molecule has 0 aliphatic rings. The zero-order valence-corrected chi connectivity index (χ0v) is 19.3. The summed E-state index contributed by atoms with van der Waals surface area (Å²) in [4.78, 5) is 9.03. The van der Waals surface area contributed by atoms with E-state index >= 15 is 0 Å². The van der Waals surface area contributed by atoms with E-state index in [0.29, 0.717) is 37.1 Å². The van der Waals surface area contributed by atoms with Gasteiger partial charge in [0.25, 0.3) is 0 Å². The van der Waals surface area contributed by atoms with Crippen LogP contribution in [0, 0.1) is 5.82 Å². The molecule has 30 heavy (non-hydrogen) atoms. The van der Waals surface area contributed by atoms with E-state index in [1.165, 1.54) is 6.07 Å². The van der Waals surface area contributed by atoms with Gasteiger partial charge < -0.3 is 15.4 Å². The monoisotopic (exact) mass is 524 g/mol. The fourth-order valence-corrected chi connectivity index (χ4v) is 2.75. The van der Waals surface area contributed by atoms with Gasteiger partial charge in [0.15, 0.2) is 11.8 Å². The molecule has 160 valence electrons. The molecule has 0 radical (unpaired) electrons. The first-order valence-electron chi connectivity index (χ1n) is 9.50. The van der Waals surface area contributed by atoms with Crippen molar-refractivity contribution in [3.63, 3.8) is 0 Å². The quantitative estimate of drug-likeness (QED) is 0.239. The SMILES string of the molecule is CCNC(=NCc1nc(-c2ccc(OC)cc2)n[nH]1)NCCc1cccc(F)c1.I. The van der Waals surface area contributed by atoms with Gasteiger partial charge in [-0.15, -0.1) is 24.0 Å². The number of nitrogens with zero attached hydrogens (tertiary/aromatic N) is 3. The summed E-state index contributed by atoms with van der Waals surface area (Å²) in [6.07, 6.45) is 0.700. The fourth-order valence-electron chi connectivity index (χ4n) is 2.75. The zero-order chi connectivity index (χ0) is 20.5. The molecule has 0 aliphatic heterocycles. The average molecular weight is 524 g/mol. The number of halogens is 2. The Balaban J connectivity index is 0.00000320. The van der Waals surface area contributed by atoms with Gasteiger partial charge in [-0.1, -0.05) is 12.1 Å². The Labute approximate surface area is 192 Å². The summed E-state index contributed by atoms with van der Waals surface area (Å²) in [5, 5.41) is 13.6. The van der Waals surface area contributed by atoms with Crippen molar-refractivity contribution in [1.29, 1.82) is 0 Å². The molecule has 0 atom stereocenters. The third kappa shape index (κ3) is 6.97. The molecule has 2 aromatic carbocycles. The van der Waals surface area contributed by atoms with Crippen molar-refractivity contribution < 1.29 is 9.13 Å². The van der Waals surface area contributed by atoms with Crippen LogP contribution in [0.2, 0.25) is 0 Å². The summed E-state index contributed by atoms with van der Waals surface area (Å²) in [5.41, 5.74) is 1.84. The van der Waals surface area contributed by atoms with Gasteiger partial charge in [-0.25, -0.2) is 14.4 Å². The van der Waals surface area contributed by atoms with Gasteiger partial charge in [0.2, 0.25) is 0 Å². The molecular weight excluding hydrogens is 498 g/mol. The molecular formula is C21H26FIN6O. The number of aromatic nitrogens is 3. The minimum Gasteiger partial charge on any atom is -0.497 e. The van der Waals surface area contributed by atoms with Crippen LogP contribution in [0.5, 0.6) is 5.75 Å². The number of hydrogen-bond donors (Lipinski definition) is 3. The molecule has 3 aromatic rings. The van der Waals surface area contributed by atoms with E-state index in [4.69, 9.17) is 4.74 Å². The number of H-pyrrole nitrogens is 1. The van der Waals surface area contributed by atoms with Crippen molar-refractivity contribution in [1.82, 2.24) is 25.8 Å². The molecule has 3 N–H and O–H groups in total. The smallest absolute Gasteiger partial charge is 0.191 e. The minimum absolute atomic E-state index is 0. The Morgan fingerprint density at radius 3 is 2.67 bits per heavy atom. The topological polar surface area (TPSA) is 87.2 Å². The number of rotatable bonds is 8. The van der Waals surface area contributed by atoms with Gasteiger partial charge in [0.1, 0.15) is 23.9 Å². The summed E-state index contributed by atoms with van der Waals surface area (Å²) in [6, 6.07) is 14.2. The molecule has 1 heterocycles. The molecule has 1 aromatic heterocycles. The van der Waals surface area contributed by atoms with E-state index in [0.717, 1.165) is 23.4 Å². The van der Waals surface area contributed by atoms with Gasteiger partial charge in [0.05, 0.1) is 7.11 Å². The van der Waals surface area contributed by atoms with Crippen LogP contribution in [-0.2, 0) is 13.0 Å². The first-order valence-corrected chi connectivity index (χ1v) is 9.50. The Hall–Kier alpha value is -2.69. The highest BCUT2D eigenvalue weighted by molar-refractivity contribution is 14.0. The van der Waals surface area contributed by atoms with Crippen molar-refractivity contribution >= 4 is 29.9 Å². The number of aliphatic imine (C=N–C) groups is 1. The predicted molar refractivity (Wildman–Crippen MR) is 127 cm³/mol. The second kappa shape index (κ2) is 12.1. The summed E-state index contributed by atoms with van der Waals surface area (Å²) < 4.78 is 18.4. The molecule has 0 saturated carbocycles. The van der Waals surface area contributed by atoms with Gasteiger partial charge in [-0.2, -0.15) is 5.10 Å². The van der Waals surface area contributed by atoms with Crippen LogP contribution in [-0.4, -0.2) is 41.3 Å². The van der Waals surface area contributed by atoms with Gasteiger partial charge in [-0.05, 0) is 55.3 Å². The molecule has 0 amide bonds. The van der Waals surface area contributed by atoms with Crippen molar-refractivity contribution in [2.45, 2.75) is 19.9 Å². The summed E-state index contributed by atoms with van der Waals surface area (Å²) in [5.74, 6) is 2.51. The molecule has 0 aliphatic carbocycles. The van der Waals surface area contributed by atoms with Crippen LogP contribution in [0.1, 0.15) is 18.3 Å². The average Bonchev–Trinajstić information content (AvgIpc) is 3.21. The summed E-state index contributed by atoms with van der Waals surface area (Å²) in [6.45, 7) is 3.74. The van der Waals surface area contributed by atoms with Crippen molar-refractivity contribution in [3.05, 3.63) is 65.7 Å². The maximum atomic E-state index is 13.3. The Morgan fingerprint density at radius 2 is 1.97 bits per heavy atom. The molecule has 0 saturated heterocycles. The normalized spacial score (nSPS) is 11.0. The number of aromatic amines is 1. The maximum Gasteiger partial charge on any atom is 0.191 e. The zero-order valence-electron chi connectivity index (χ0n) is 17.0. The third-order valence-electron chi connectivity index (χ3n) is 4.21. The number of ether oxygens (including phenoxy) is 1. The van der Waals surface area contributed by atoms with Gasteiger partial charge >= 0.3 is 0 Å². The molecule has 0 unspecified atom stereocenters. The van der Waals surface area contributed by atoms with Crippen LogP contribution in [0.3, 0.4) is 0 Å². The first kappa shape index (κ1) is 23.6. The second-order valence-corrected chi connectivity index (χ2v) is 6.34. The van der Waals surface area contributed by atoms with Crippen molar-refractivity contribution in [2.24, 2.45) is 4.99 Å². The number of hydrogen-bond acceptors (Lipinski definition) is 4. The lowest BCUT2D eigenvalue weighted by molar-refractivity contribution is 0.415. The number of nitrogens with one attached hydrogen (secondary N) is 3. The highest BCUT2D eigenvalue weighted by Gasteiger charge is 2.06. The number of guanidine groups is 1. The van der Waals surface area contributed by atoms with Crippen LogP contribution >= 0.6 is 24.0 Å². The summed E-state index contributed by atoms with van der Waals surface area (Å²) in [7, 11) is 1.63. The van der Waals surface area contributed by atoms with Crippen molar-refractivity contribution in [2.75, 3.05) is 20.2 Å². The van der Waals surface area contributed by atoms with E-state index in [1.807, 2.05) is 37.3 Å². The number of methoxy groups -OCH3 is 1. The third-order valence-corrected chi connectivity index (χ3v) is 4.21. The van der Waals surface area contributed by atoms with E-state index < -0.39 is 0 Å². The first-order chi connectivity index (χ1) is 14.2. The largest absolute Gasteiger partial charge is 0.497 e. The molecule has 0 fully saturated rings. The lowest BCUT2D eigenvalue weighted by Crippen LogP contribution is -2.38. The molecule has 0 spiro atoms. The van der Waals surface area contributed by atoms with Crippen LogP contribution < -0.4 is 15.4 Å². The lowest BCUT2D eigenvalue weighted by Gasteiger charge is -2.11. The van der Waals surface area contributed by atoms with E-state index in [1.54, 1.807) is 19.2 Å². The Bertz CT molecular complexity index is 945. The van der Waals surface area contributed by atoms with E-state index in [-0.39, 0.29) is 29.8 Å².